The third kappa shape index (κ3) is 4.84. The molecule has 0 aromatic heterocycles. The van der Waals surface area contributed by atoms with Gasteiger partial charge in [-0.1, -0.05) is 15.9 Å². The van der Waals surface area contributed by atoms with Gasteiger partial charge in [-0.2, -0.15) is 0 Å². The van der Waals surface area contributed by atoms with Crippen LogP contribution in [0.5, 0.6) is 5.75 Å². The number of halogens is 1. The van der Waals surface area contributed by atoms with Crippen molar-refractivity contribution < 1.29 is 9.53 Å². The summed E-state index contributed by atoms with van der Waals surface area (Å²) < 4.78 is 6.57. The molecule has 1 saturated heterocycles. The van der Waals surface area contributed by atoms with Crippen LogP contribution < -0.4 is 15.4 Å². The first-order chi connectivity index (χ1) is 9.25. The molecule has 0 saturated carbocycles. The summed E-state index contributed by atoms with van der Waals surface area (Å²) in [6, 6.07) is 7.66. The molecule has 0 radical (unpaired) electrons. The van der Waals surface area contributed by atoms with Crippen molar-refractivity contribution in [3.63, 3.8) is 0 Å². The van der Waals surface area contributed by atoms with E-state index >= 15 is 0 Å². The van der Waals surface area contributed by atoms with Crippen LogP contribution in [0.1, 0.15) is 12.8 Å². The van der Waals surface area contributed by atoms with E-state index in [0.29, 0.717) is 13.2 Å². The molecule has 2 N–H and O–H groups in total. The monoisotopic (exact) mass is 326 g/mol. The fourth-order valence-electron chi connectivity index (χ4n) is 2.09. The fourth-order valence-corrected chi connectivity index (χ4v) is 2.36. The SMILES string of the molecule is O=C(NCCOc1ccc(Br)cc1)C1CCCNC1. The normalized spacial score (nSPS) is 18.9. The summed E-state index contributed by atoms with van der Waals surface area (Å²) in [7, 11) is 0. The quantitative estimate of drug-likeness (QED) is 0.813. The van der Waals surface area contributed by atoms with E-state index in [1.54, 1.807) is 0 Å². The Hall–Kier alpha value is -1.07. The second-order valence-electron chi connectivity index (χ2n) is 4.64. The molecular formula is C14H19BrN2O2. The van der Waals surface area contributed by atoms with Gasteiger partial charge in [-0.15, -0.1) is 0 Å². The Balaban J connectivity index is 1.63. The fraction of sp³-hybridized carbons (Fsp3) is 0.500. The van der Waals surface area contributed by atoms with E-state index in [2.05, 4.69) is 26.6 Å². The summed E-state index contributed by atoms with van der Waals surface area (Å²) in [6.45, 7) is 2.86. The number of hydrogen-bond acceptors (Lipinski definition) is 3. The van der Waals surface area contributed by atoms with Crippen molar-refractivity contribution in [2.75, 3.05) is 26.2 Å². The molecule has 0 aliphatic carbocycles. The lowest BCUT2D eigenvalue weighted by Crippen LogP contribution is -2.41. The maximum absolute atomic E-state index is 11.8. The van der Waals surface area contributed by atoms with Crippen LogP contribution in [0.2, 0.25) is 0 Å². The topological polar surface area (TPSA) is 50.4 Å². The second-order valence-corrected chi connectivity index (χ2v) is 5.55. The Morgan fingerprint density at radius 3 is 2.89 bits per heavy atom. The van der Waals surface area contributed by atoms with Gasteiger partial charge in [0.2, 0.25) is 5.91 Å². The highest BCUT2D eigenvalue weighted by molar-refractivity contribution is 9.10. The first kappa shape index (κ1) is 14.3. The highest BCUT2D eigenvalue weighted by Gasteiger charge is 2.20. The lowest BCUT2D eigenvalue weighted by Gasteiger charge is -2.21. The van der Waals surface area contributed by atoms with Crippen LogP contribution in [0.4, 0.5) is 0 Å². The van der Waals surface area contributed by atoms with Gasteiger partial charge in [0.05, 0.1) is 12.5 Å². The first-order valence-electron chi connectivity index (χ1n) is 6.62. The molecule has 1 fully saturated rings. The molecule has 0 bridgehead atoms. The minimum atomic E-state index is 0.112. The number of nitrogens with one attached hydrogen (secondary N) is 2. The Kier molecular flexibility index (Phi) is 5.66. The third-order valence-corrected chi connectivity index (χ3v) is 3.68. The number of piperidine rings is 1. The van der Waals surface area contributed by atoms with Crippen LogP contribution in [0.15, 0.2) is 28.7 Å². The predicted octanol–water partition coefficient (Wildman–Crippen LogP) is 1.94. The molecule has 5 heteroatoms. The predicted molar refractivity (Wildman–Crippen MR) is 78.2 cm³/mol. The van der Waals surface area contributed by atoms with Gasteiger partial charge in [-0.05, 0) is 43.7 Å². The Morgan fingerprint density at radius 2 is 2.21 bits per heavy atom. The average Bonchev–Trinajstić information content (AvgIpc) is 2.46. The van der Waals surface area contributed by atoms with Gasteiger partial charge < -0.3 is 15.4 Å². The zero-order chi connectivity index (χ0) is 13.5. The number of carbonyl (C=O) groups is 1. The molecule has 104 valence electrons. The Bertz CT molecular complexity index is 402. The van der Waals surface area contributed by atoms with Gasteiger partial charge in [0.25, 0.3) is 0 Å². The lowest BCUT2D eigenvalue weighted by atomic mass is 9.99. The van der Waals surface area contributed by atoms with Gasteiger partial charge >= 0.3 is 0 Å². The summed E-state index contributed by atoms with van der Waals surface area (Å²) in [5.41, 5.74) is 0. The molecule has 0 spiro atoms. The van der Waals surface area contributed by atoms with Crippen LogP contribution in [-0.4, -0.2) is 32.1 Å². The standard InChI is InChI=1S/C14H19BrN2O2/c15-12-3-5-13(6-4-12)19-9-8-17-14(18)11-2-1-7-16-10-11/h3-6,11,16H,1-2,7-10H2,(H,17,18). The van der Waals surface area contributed by atoms with Gasteiger partial charge in [0, 0.05) is 11.0 Å². The Labute approximate surface area is 122 Å². The number of amides is 1. The molecule has 1 aromatic rings. The number of hydrogen-bond donors (Lipinski definition) is 2. The molecule has 4 nitrogen and oxygen atoms in total. The molecule has 1 atom stereocenters. The van der Waals surface area contributed by atoms with Gasteiger partial charge in [0.15, 0.2) is 0 Å². The maximum Gasteiger partial charge on any atom is 0.224 e. The molecule has 1 aliphatic rings. The molecule has 19 heavy (non-hydrogen) atoms. The van der Waals surface area contributed by atoms with Crippen molar-refractivity contribution >= 4 is 21.8 Å². The third-order valence-electron chi connectivity index (χ3n) is 3.15. The smallest absolute Gasteiger partial charge is 0.224 e. The Morgan fingerprint density at radius 1 is 1.42 bits per heavy atom. The molecule has 1 heterocycles. The number of benzene rings is 1. The minimum absolute atomic E-state index is 0.112. The summed E-state index contributed by atoms with van der Waals surface area (Å²) in [5.74, 6) is 1.06. The van der Waals surface area contributed by atoms with Crippen LogP contribution in [0.3, 0.4) is 0 Å². The zero-order valence-electron chi connectivity index (χ0n) is 10.8. The lowest BCUT2D eigenvalue weighted by molar-refractivity contribution is -0.125. The van der Waals surface area contributed by atoms with Crippen molar-refractivity contribution in [3.05, 3.63) is 28.7 Å². The van der Waals surface area contributed by atoms with Crippen LogP contribution in [0.25, 0.3) is 0 Å². The van der Waals surface area contributed by atoms with E-state index in [1.807, 2.05) is 24.3 Å². The average molecular weight is 327 g/mol. The van der Waals surface area contributed by atoms with E-state index in [0.717, 1.165) is 36.2 Å². The number of rotatable bonds is 5. The van der Waals surface area contributed by atoms with Gasteiger partial charge in [-0.3, -0.25) is 4.79 Å². The highest BCUT2D eigenvalue weighted by Crippen LogP contribution is 2.15. The van der Waals surface area contributed by atoms with Crippen LogP contribution in [0, 0.1) is 5.92 Å². The maximum atomic E-state index is 11.8. The highest BCUT2D eigenvalue weighted by atomic mass is 79.9. The molecule has 1 aromatic carbocycles. The molecular weight excluding hydrogens is 308 g/mol. The van der Waals surface area contributed by atoms with E-state index < -0.39 is 0 Å². The number of ether oxygens (including phenoxy) is 1. The van der Waals surface area contributed by atoms with Crippen LogP contribution >= 0.6 is 15.9 Å². The van der Waals surface area contributed by atoms with Gasteiger partial charge in [-0.25, -0.2) is 0 Å². The zero-order valence-corrected chi connectivity index (χ0v) is 12.4. The van der Waals surface area contributed by atoms with E-state index in [-0.39, 0.29) is 11.8 Å². The molecule has 1 amide bonds. The van der Waals surface area contributed by atoms with Crippen LogP contribution in [-0.2, 0) is 4.79 Å². The summed E-state index contributed by atoms with van der Waals surface area (Å²) in [6.07, 6.45) is 2.06. The molecule has 1 unspecified atom stereocenters. The largest absolute Gasteiger partial charge is 0.492 e. The summed E-state index contributed by atoms with van der Waals surface area (Å²) in [5, 5.41) is 6.16. The minimum Gasteiger partial charge on any atom is -0.492 e. The number of carbonyl (C=O) groups excluding carboxylic acids is 1. The van der Waals surface area contributed by atoms with Crippen molar-refractivity contribution in [2.45, 2.75) is 12.8 Å². The van der Waals surface area contributed by atoms with Crippen molar-refractivity contribution in [1.29, 1.82) is 0 Å². The first-order valence-corrected chi connectivity index (χ1v) is 7.42. The van der Waals surface area contributed by atoms with Crippen molar-refractivity contribution in [2.24, 2.45) is 5.92 Å². The van der Waals surface area contributed by atoms with E-state index in [4.69, 9.17) is 4.74 Å². The second kappa shape index (κ2) is 7.50. The summed E-state index contributed by atoms with van der Waals surface area (Å²) in [4.78, 5) is 11.8. The van der Waals surface area contributed by atoms with Crippen molar-refractivity contribution in [1.82, 2.24) is 10.6 Å². The van der Waals surface area contributed by atoms with Crippen molar-refractivity contribution in [3.8, 4) is 5.75 Å². The van der Waals surface area contributed by atoms with Gasteiger partial charge in [0.1, 0.15) is 12.4 Å². The summed E-state index contributed by atoms with van der Waals surface area (Å²) >= 11 is 3.37. The van der Waals surface area contributed by atoms with E-state index in [9.17, 15) is 4.79 Å². The van der Waals surface area contributed by atoms with E-state index in [1.165, 1.54) is 0 Å². The molecule has 2 rings (SSSR count). The molecule has 1 aliphatic heterocycles.